The van der Waals surface area contributed by atoms with Crippen molar-refractivity contribution in [2.45, 2.75) is 13.1 Å². The molecule has 0 unspecified atom stereocenters. The van der Waals surface area contributed by atoms with Gasteiger partial charge in [0, 0.05) is 13.1 Å². The van der Waals surface area contributed by atoms with Crippen LogP contribution < -0.4 is 10.2 Å². The minimum Gasteiger partial charge on any atom is -0.482 e. The fraction of sp³-hybridized carbons (Fsp3) is 0.444. The van der Waals surface area contributed by atoms with Gasteiger partial charge in [-0.1, -0.05) is 0 Å². The zero-order valence-electron chi connectivity index (χ0n) is 8.47. The minimum atomic E-state index is -4.56. The fourth-order valence-corrected chi connectivity index (χ4v) is 1.36. The first-order valence-electron chi connectivity index (χ1n) is 4.11. The maximum atomic E-state index is 12.5. The molecule has 1 aromatic heterocycles. The molecule has 15 heavy (non-hydrogen) atoms. The van der Waals surface area contributed by atoms with Gasteiger partial charge in [-0.05, 0) is 6.92 Å². The van der Waals surface area contributed by atoms with Crippen LogP contribution in [0.5, 0.6) is 5.88 Å². The summed E-state index contributed by atoms with van der Waals surface area (Å²) in [4.78, 5) is 11.2. The molecule has 84 valence electrons. The molecule has 0 amide bonds. The Morgan fingerprint density at radius 2 is 1.93 bits per heavy atom. The zero-order chi connectivity index (χ0) is 11.8. The SMILES string of the molecule is COc1c(C)c(=O)cc(C(F)(F)F)n1C. The molecule has 0 aromatic carbocycles. The van der Waals surface area contributed by atoms with Gasteiger partial charge in [0.15, 0.2) is 11.3 Å². The van der Waals surface area contributed by atoms with Crippen molar-refractivity contribution in [2.75, 3.05) is 7.11 Å². The van der Waals surface area contributed by atoms with Crippen molar-refractivity contribution in [1.82, 2.24) is 4.57 Å². The lowest BCUT2D eigenvalue weighted by molar-refractivity contribution is -0.143. The molecule has 0 fully saturated rings. The van der Waals surface area contributed by atoms with Crippen LogP contribution in [0.25, 0.3) is 0 Å². The minimum absolute atomic E-state index is 0.0742. The molecule has 1 heterocycles. The largest absolute Gasteiger partial charge is 0.482 e. The van der Waals surface area contributed by atoms with Gasteiger partial charge < -0.3 is 9.30 Å². The quantitative estimate of drug-likeness (QED) is 0.723. The Morgan fingerprint density at radius 3 is 2.33 bits per heavy atom. The molecule has 0 saturated heterocycles. The van der Waals surface area contributed by atoms with Gasteiger partial charge >= 0.3 is 6.18 Å². The van der Waals surface area contributed by atoms with Crippen molar-refractivity contribution < 1.29 is 17.9 Å². The highest BCUT2D eigenvalue weighted by molar-refractivity contribution is 5.29. The van der Waals surface area contributed by atoms with E-state index in [1.54, 1.807) is 0 Å². The molecule has 0 aliphatic carbocycles. The zero-order valence-corrected chi connectivity index (χ0v) is 8.47. The molecule has 0 atom stereocenters. The molecule has 1 aromatic rings. The number of methoxy groups -OCH3 is 1. The third-order valence-corrected chi connectivity index (χ3v) is 2.11. The first kappa shape index (κ1) is 11.6. The van der Waals surface area contributed by atoms with Gasteiger partial charge in [0.1, 0.15) is 5.69 Å². The van der Waals surface area contributed by atoms with Crippen LogP contribution in [-0.4, -0.2) is 11.7 Å². The third kappa shape index (κ3) is 1.98. The van der Waals surface area contributed by atoms with Gasteiger partial charge in [-0.3, -0.25) is 4.79 Å². The third-order valence-electron chi connectivity index (χ3n) is 2.11. The smallest absolute Gasteiger partial charge is 0.431 e. The van der Waals surface area contributed by atoms with Crippen molar-refractivity contribution in [3.63, 3.8) is 0 Å². The summed E-state index contributed by atoms with van der Waals surface area (Å²) in [5, 5.41) is 0. The Hall–Kier alpha value is -1.46. The topological polar surface area (TPSA) is 31.2 Å². The number of rotatable bonds is 1. The van der Waals surface area contributed by atoms with Crippen LogP contribution in [0.3, 0.4) is 0 Å². The Labute approximate surface area is 84.1 Å². The van der Waals surface area contributed by atoms with Gasteiger partial charge in [-0.2, -0.15) is 13.2 Å². The number of hydrogen-bond donors (Lipinski definition) is 0. The number of ether oxygens (including phenoxy) is 1. The first-order chi connectivity index (χ1) is 6.79. The molecule has 3 nitrogen and oxygen atoms in total. The highest BCUT2D eigenvalue weighted by Gasteiger charge is 2.34. The van der Waals surface area contributed by atoms with Gasteiger partial charge in [0.05, 0.1) is 12.7 Å². The van der Waals surface area contributed by atoms with Crippen LogP contribution in [0.4, 0.5) is 13.2 Å². The van der Waals surface area contributed by atoms with Crippen LogP contribution in [0.2, 0.25) is 0 Å². The number of aromatic nitrogens is 1. The van der Waals surface area contributed by atoms with E-state index >= 15 is 0 Å². The highest BCUT2D eigenvalue weighted by Crippen LogP contribution is 2.30. The molecule has 0 N–H and O–H groups in total. The van der Waals surface area contributed by atoms with Gasteiger partial charge in [0.2, 0.25) is 0 Å². The van der Waals surface area contributed by atoms with E-state index in [0.717, 1.165) is 4.57 Å². The average molecular weight is 221 g/mol. The van der Waals surface area contributed by atoms with E-state index in [1.807, 2.05) is 0 Å². The van der Waals surface area contributed by atoms with Crippen LogP contribution >= 0.6 is 0 Å². The summed E-state index contributed by atoms with van der Waals surface area (Å²) in [7, 11) is 2.43. The maximum Gasteiger partial charge on any atom is 0.431 e. The van der Waals surface area contributed by atoms with E-state index in [4.69, 9.17) is 4.74 Å². The van der Waals surface area contributed by atoms with Crippen LogP contribution in [0.1, 0.15) is 11.3 Å². The number of hydrogen-bond acceptors (Lipinski definition) is 2. The average Bonchev–Trinajstić information content (AvgIpc) is 2.10. The maximum absolute atomic E-state index is 12.5. The molecule has 0 bridgehead atoms. The monoisotopic (exact) mass is 221 g/mol. The van der Waals surface area contributed by atoms with E-state index < -0.39 is 17.3 Å². The molecule has 0 aliphatic rings. The molecule has 6 heteroatoms. The molecule has 0 aliphatic heterocycles. The van der Waals surface area contributed by atoms with Gasteiger partial charge in [0.25, 0.3) is 0 Å². The summed E-state index contributed by atoms with van der Waals surface area (Å²) in [6.07, 6.45) is -4.56. The summed E-state index contributed by atoms with van der Waals surface area (Å²) in [6, 6.07) is 0.567. The normalized spacial score (nSPS) is 11.6. The Kier molecular flexibility index (Phi) is 2.79. The van der Waals surface area contributed by atoms with Crippen molar-refractivity contribution in [3.05, 3.63) is 27.5 Å². The van der Waals surface area contributed by atoms with E-state index in [1.165, 1.54) is 21.1 Å². The summed E-state index contributed by atoms with van der Waals surface area (Å²) in [5.74, 6) is -0.0742. The fourth-order valence-electron chi connectivity index (χ4n) is 1.36. The number of alkyl halides is 3. The molecule has 0 radical (unpaired) electrons. The van der Waals surface area contributed by atoms with Crippen LogP contribution in [-0.2, 0) is 13.2 Å². The van der Waals surface area contributed by atoms with E-state index in [0.29, 0.717) is 6.07 Å². The number of halogens is 3. The van der Waals surface area contributed by atoms with Crippen molar-refractivity contribution in [1.29, 1.82) is 0 Å². The van der Waals surface area contributed by atoms with Crippen LogP contribution in [0.15, 0.2) is 10.9 Å². The van der Waals surface area contributed by atoms with E-state index in [9.17, 15) is 18.0 Å². The second-order valence-corrected chi connectivity index (χ2v) is 3.08. The van der Waals surface area contributed by atoms with Crippen LogP contribution in [0, 0.1) is 6.92 Å². The summed E-state index contributed by atoms with van der Waals surface area (Å²) in [6.45, 7) is 1.42. The first-order valence-corrected chi connectivity index (χ1v) is 4.11. The number of pyridine rings is 1. The predicted octanol–water partition coefficient (Wildman–Crippen LogP) is 1.72. The summed E-state index contributed by atoms with van der Waals surface area (Å²) >= 11 is 0. The van der Waals surface area contributed by atoms with Crippen molar-refractivity contribution >= 4 is 0 Å². The highest BCUT2D eigenvalue weighted by atomic mass is 19.4. The Morgan fingerprint density at radius 1 is 1.40 bits per heavy atom. The lowest BCUT2D eigenvalue weighted by Gasteiger charge is -2.16. The molecule has 0 spiro atoms. The van der Waals surface area contributed by atoms with Crippen molar-refractivity contribution in [2.24, 2.45) is 7.05 Å². The summed E-state index contributed by atoms with van der Waals surface area (Å²) < 4.78 is 43.0. The summed E-state index contributed by atoms with van der Waals surface area (Å²) in [5.41, 5.74) is -1.54. The Bertz CT molecular complexity index is 434. The second-order valence-electron chi connectivity index (χ2n) is 3.08. The second kappa shape index (κ2) is 3.60. The van der Waals surface area contributed by atoms with Gasteiger partial charge in [-0.25, -0.2) is 0 Å². The lowest BCUT2D eigenvalue weighted by atomic mass is 10.2. The van der Waals surface area contributed by atoms with E-state index in [2.05, 4.69) is 0 Å². The van der Waals surface area contributed by atoms with Gasteiger partial charge in [-0.15, -0.1) is 0 Å². The predicted molar refractivity (Wildman–Crippen MR) is 48.0 cm³/mol. The lowest BCUT2D eigenvalue weighted by Crippen LogP contribution is -2.21. The molecular weight excluding hydrogens is 211 g/mol. The number of nitrogens with zero attached hydrogens (tertiary/aromatic N) is 1. The molecule has 1 rings (SSSR count). The molecular formula is C9H10F3NO2. The standard InChI is InChI=1S/C9H10F3NO2/c1-5-6(14)4-7(9(10,11)12)13(2)8(5)15-3/h4H,1-3H3. The van der Waals surface area contributed by atoms with E-state index in [-0.39, 0.29) is 11.4 Å². The molecule has 0 saturated carbocycles. The Balaban J connectivity index is 3.59. The van der Waals surface area contributed by atoms with Crippen molar-refractivity contribution in [3.8, 4) is 5.88 Å².